The number of pyridine rings is 1. The number of hydrogen-bond donors (Lipinski definition) is 1. The Morgan fingerprint density at radius 3 is 2.86 bits per heavy atom. The lowest BCUT2D eigenvalue weighted by Gasteiger charge is -2.12. The smallest absolute Gasteiger partial charge is 0.179 e. The van der Waals surface area contributed by atoms with Gasteiger partial charge < -0.3 is 14.8 Å². The third-order valence-corrected chi connectivity index (χ3v) is 3.52. The lowest BCUT2D eigenvalue weighted by atomic mass is 10.2. The molecule has 1 aliphatic rings. The van der Waals surface area contributed by atoms with Crippen LogP contribution in [0.15, 0.2) is 36.7 Å². The van der Waals surface area contributed by atoms with Crippen molar-refractivity contribution in [1.29, 1.82) is 0 Å². The number of benzene rings is 1. The van der Waals surface area contributed by atoms with E-state index >= 15 is 0 Å². The highest BCUT2D eigenvalue weighted by molar-refractivity contribution is 6.32. The van der Waals surface area contributed by atoms with E-state index in [9.17, 15) is 0 Å². The quantitative estimate of drug-likeness (QED) is 0.942. The first kappa shape index (κ1) is 14.2. The predicted molar refractivity (Wildman–Crippen MR) is 81.8 cm³/mol. The summed E-state index contributed by atoms with van der Waals surface area (Å²) in [7, 11) is 0. The Morgan fingerprint density at radius 2 is 2.00 bits per heavy atom. The van der Waals surface area contributed by atoms with Gasteiger partial charge in [-0.2, -0.15) is 0 Å². The van der Waals surface area contributed by atoms with Gasteiger partial charge in [-0.1, -0.05) is 17.7 Å². The molecule has 2 aromatic rings. The molecule has 4 nitrogen and oxygen atoms in total. The topological polar surface area (TPSA) is 43.4 Å². The average Bonchev–Trinajstić information content (AvgIpc) is 2.74. The van der Waals surface area contributed by atoms with Gasteiger partial charge in [0.25, 0.3) is 0 Å². The Morgan fingerprint density at radius 1 is 1.14 bits per heavy atom. The molecular formula is C16H17ClN2O2. The van der Waals surface area contributed by atoms with Gasteiger partial charge in [-0.05, 0) is 29.3 Å². The van der Waals surface area contributed by atoms with Crippen LogP contribution in [0.5, 0.6) is 11.5 Å². The summed E-state index contributed by atoms with van der Waals surface area (Å²) in [6, 6.07) is 7.89. The molecule has 21 heavy (non-hydrogen) atoms. The Bertz CT molecular complexity index is 605. The third kappa shape index (κ3) is 3.65. The van der Waals surface area contributed by atoms with Crippen LogP contribution in [0.4, 0.5) is 0 Å². The second-order valence-corrected chi connectivity index (χ2v) is 5.33. The van der Waals surface area contributed by atoms with Crippen molar-refractivity contribution in [1.82, 2.24) is 10.3 Å². The van der Waals surface area contributed by atoms with E-state index in [0.29, 0.717) is 30.5 Å². The van der Waals surface area contributed by atoms with Crippen molar-refractivity contribution in [2.75, 3.05) is 13.2 Å². The summed E-state index contributed by atoms with van der Waals surface area (Å²) in [6.07, 6.45) is 4.50. The van der Waals surface area contributed by atoms with E-state index in [1.165, 1.54) is 0 Å². The van der Waals surface area contributed by atoms with Crippen molar-refractivity contribution >= 4 is 11.6 Å². The molecule has 0 bridgehead atoms. The summed E-state index contributed by atoms with van der Waals surface area (Å²) in [5, 5.41) is 3.98. The van der Waals surface area contributed by atoms with E-state index in [2.05, 4.69) is 10.3 Å². The molecule has 0 spiro atoms. The van der Waals surface area contributed by atoms with Gasteiger partial charge >= 0.3 is 0 Å². The number of rotatable bonds is 4. The van der Waals surface area contributed by atoms with E-state index in [-0.39, 0.29) is 0 Å². The molecule has 5 heteroatoms. The molecular weight excluding hydrogens is 288 g/mol. The Labute approximate surface area is 129 Å². The molecule has 1 aromatic heterocycles. The molecule has 0 radical (unpaired) electrons. The van der Waals surface area contributed by atoms with Crippen LogP contribution in [0.1, 0.15) is 17.5 Å². The number of halogens is 1. The summed E-state index contributed by atoms with van der Waals surface area (Å²) >= 11 is 6.27. The van der Waals surface area contributed by atoms with Gasteiger partial charge in [-0.25, -0.2) is 0 Å². The minimum absolute atomic E-state index is 0.604. The first-order valence-corrected chi connectivity index (χ1v) is 7.38. The summed E-state index contributed by atoms with van der Waals surface area (Å²) < 4.78 is 11.3. The van der Waals surface area contributed by atoms with Gasteiger partial charge in [0.2, 0.25) is 0 Å². The molecule has 0 amide bonds. The van der Waals surface area contributed by atoms with E-state index in [1.54, 1.807) is 6.20 Å². The molecule has 0 saturated heterocycles. The first-order chi connectivity index (χ1) is 10.3. The minimum atomic E-state index is 0.604. The van der Waals surface area contributed by atoms with Crippen LogP contribution >= 0.6 is 11.6 Å². The normalized spacial score (nSPS) is 13.8. The van der Waals surface area contributed by atoms with Crippen LogP contribution in [-0.4, -0.2) is 18.2 Å². The molecule has 110 valence electrons. The zero-order valence-electron chi connectivity index (χ0n) is 11.6. The fraction of sp³-hybridized carbons (Fsp3) is 0.312. The lowest BCUT2D eigenvalue weighted by molar-refractivity contribution is 0.297. The monoisotopic (exact) mass is 304 g/mol. The Hall–Kier alpha value is -1.78. The number of nitrogens with zero attached hydrogens (tertiary/aromatic N) is 1. The maximum atomic E-state index is 6.27. The van der Waals surface area contributed by atoms with Crippen molar-refractivity contribution < 1.29 is 9.47 Å². The number of hydrogen-bond acceptors (Lipinski definition) is 4. The van der Waals surface area contributed by atoms with Gasteiger partial charge in [-0.3, -0.25) is 4.98 Å². The van der Waals surface area contributed by atoms with Gasteiger partial charge in [0.1, 0.15) is 0 Å². The molecule has 0 atom stereocenters. The van der Waals surface area contributed by atoms with Crippen LogP contribution in [0.25, 0.3) is 0 Å². The van der Waals surface area contributed by atoms with E-state index < -0.39 is 0 Å². The second kappa shape index (κ2) is 6.78. The maximum Gasteiger partial charge on any atom is 0.179 e. The highest BCUT2D eigenvalue weighted by atomic mass is 35.5. The zero-order valence-corrected chi connectivity index (χ0v) is 12.4. The van der Waals surface area contributed by atoms with E-state index in [0.717, 1.165) is 29.8 Å². The molecule has 0 saturated carbocycles. The lowest BCUT2D eigenvalue weighted by Crippen LogP contribution is -2.13. The predicted octanol–water partition coefficient (Wildman–Crippen LogP) is 3.19. The number of aromatic nitrogens is 1. The fourth-order valence-electron chi connectivity index (χ4n) is 2.24. The number of nitrogens with one attached hydrogen (secondary N) is 1. The van der Waals surface area contributed by atoms with Crippen molar-refractivity contribution in [3.63, 3.8) is 0 Å². The standard InChI is InChI=1S/C16H17ClN2O2/c17-14-7-13(8-15-16(14)21-6-2-5-20-15)11-19-10-12-3-1-4-18-9-12/h1,3-4,7-9,19H,2,5-6,10-11H2. The van der Waals surface area contributed by atoms with Gasteiger partial charge in [0.05, 0.1) is 18.2 Å². The Balaban J connectivity index is 1.66. The van der Waals surface area contributed by atoms with Crippen molar-refractivity contribution in [3.8, 4) is 11.5 Å². The van der Waals surface area contributed by atoms with Gasteiger partial charge in [0, 0.05) is 31.9 Å². The van der Waals surface area contributed by atoms with Gasteiger partial charge in [-0.15, -0.1) is 0 Å². The van der Waals surface area contributed by atoms with Crippen LogP contribution in [0.3, 0.4) is 0 Å². The highest BCUT2D eigenvalue weighted by Crippen LogP contribution is 2.37. The highest BCUT2D eigenvalue weighted by Gasteiger charge is 2.15. The molecule has 0 fully saturated rings. The summed E-state index contributed by atoms with van der Waals surface area (Å²) in [5.41, 5.74) is 2.23. The zero-order chi connectivity index (χ0) is 14.5. The number of fused-ring (bicyclic) bond motifs is 1. The minimum Gasteiger partial charge on any atom is -0.489 e. The molecule has 0 unspecified atom stereocenters. The SMILES string of the molecule is Clc1cc(CNCc2cccnc2)cc2c1OCCCO2. The first-order valence-electron chi connectivity index (χ1n) is 7.00. The largest absolute Gasteiger partial charge is 0.489 e. The van der Waals surface area contributed by atoms with Crippen molar-refractivity contribution in [2.45, 2.75) is 19.5 Å². The third-order valence-electron chi connectivity index (χ3n) is 3.24. The van der Waals surface area contributed by atoms with Crippen LogP contribution in [0, 0.1) is 0 Å². The molecule has 2 heterocycles. The van der Waals surface area contributed by atoms with E-state index in [4.69, 9.17) is 21.1 Å². The summed E-state index contributed by atoms with van der Waals surface area (Å²) in [4.78, 5) is 4.09. The molecule has 1 N–H and O–H groups in total. The summed E-state index contributed by atoms with van der Waals surface area (Å²) in [5.74, 6) is 1.39. The Kier molecular flexibility index (Phi) is 4.58. The van der Waals surface area contributed by atoms with Crippen molar-refractivity contribution in [3.05, 3.63) is 52.8 Å². The van der Waals surface area contributed by atoms with Crippen molar-refractivity contribution in [2.24, 2.45) is 0 Å². The maximum absolute atomic E-state index is 6.27. The van der Waals surface area contributed by atoms with Crippen LogP contribution in [0.2, 0.25) is 5.02 Å². The molecule has 0 aliphatic carbocycles. The molecule has 1 aromatic carbocycles. The van der Waals surface area contributed by atoms with Gasteiger partial charge in [0.15, 0.2) is 11.5 Å². The second-order valence-electron chi connectivity index (χ2n) is 4.92. The van der Waals surface area contributed by atoms with Crippen LogP contribution in [-0.2, 0) is 13.1 Å². The summed E-state index contributed by atoms with van der Waals surface area (Å²) in [6.45, 7) is 2.78. The average molecular weight is 305 g/mol. The molecule has 3 rings (SSSR count). The van der Waals surface area contributed by atoms with Crippen LogP contribution < -0.4 is 14.8 Å². The fourth-order valence-corrected chi connectivity index (χ4v) is 2.53. The molecule has 1 aliphatic heterocycles. The van der Waals surface area contributed by atoms with E-state index in [1.807, 2.05) is 30.5 Å². The number of ether oxygens (including phenoxy) is 2.